The van der Waals surface area contributed by atoms with Gasteiger partial charge in [-0.1, -0.05) is 29.8 Å². The molecule has 0 spiro atoms. The van der Waals surface area contributed by atoms with Gasteiger partial charge in [-0.2, -0.15) is 5.10 Å². The van der Waals surface area contributed by atoms with Crippen molar-refractivity contribution in [2.24, 2.45) is 0 Å². The zero-order valence-electron chi connectivity index (χ0n) is 19.1. The summed E-state index contributed by atoms with van der Waals surface area (Å²) in [5.41, 5.74) is 1.33. The minimum Gasteiger partial charge on any atom is -0.465 e. The summed E-state index contributed by atoms with van der Waals surface area (Å²) in [5.74, 6) is 0.289. The second-order valence-corrected chi connectivity index (χ2v) is 8.57. The van der Waals surface area contributed by atoms with E-state index in [0.29, 0.717) is 12.3 Å². The predicted octanol–water partition coefficient (Wildman–Crippen LogP) is 2.18. The van der Waals surface area contributed by atoms with Gasteiger partial charge < -0.3 is 20.0 Å². The number of likely N-dealkylation sites (N-methyl/N-ethyl adjacent to an activating group) is 1. The Morgan fingerprint density at radius 1 is 1.09 bits per heavy atom. The first-order valence-electron chi connectivity index (χ1n) is 10.7. The molecule has 1 unspecified atom stereocenters. The van der Waals surface area contributed by atoms with Crippen LogP contribution in [0.3, 0.4) is 0 Å². The minimum atomic E-state index is -1.15. The molecule has 1 aromatic carbocycles. The lowest BCUT2D eigenvalue weighted by Crippen LogP contribution is -2.62. The van der Waals surface area contributed by atoms with Gasteiger partial charge in [0, 0.05) is 19.7 Å². The Bertz CT molecular complexity index is 1210. The maximum Gasteiger partial charge on any atom is 0.272 e. The van der Waals surface area contributed by atoms with Crippen molar-refractivity contribution in [1.82, 2.24) is 25.3 Å². The first kappa shape index (κ1) is 22.3. The SMILES string of the molecule is Cc1ccc(CNC(=O)C2(C)Cn3nc(C(=O)NCc4ccc(C)o4)cc3C(=O)N2C)cc1. The van der Waals surface area contributed by atoms with Crippen molar-refractivity contribution >= 4 is 17.7 Å². The Morgan fingerprint density at radius 3 is 2.48 bits per heavy atom. The van der Waals surface area contributed by atoms with Crippen LogP contribution in [0.15, 0.2) is 46.9 Å². The zero-order chi connectivity index (χ0) is 23.8. The zero-order valence-corrected chi connectivity index (χ0v) is 19.1. The number of fused-ring (bicyclic) bond motifs is 1. The van der Waals surface area contributed by atoms with Crippen LogP contribution in [0.25, 0.3) is 0 Å². The fourth-order valence-electron chi connectivity index (χ4n) is 3.75. The number of rotatable bonds is 6. The van der Waals surface area contributed by atoms with Crippen LogP contribution in [0.2, 0.25) is 0 Å². The van der Waals surface area contributed by atoms with Gasteiger partial charge in [-0.25, -0.2) is 0 Å². The Labute approximate surface area is 191 Å². The molecule has 2 N–H and O–H groups in total. The van der Waals surface area contributed by atoms with Crippen molar-refractivity contribution in [3.63, 3.8) is 0 Å². The van der Waals surface area contributed by atoms with Gasteiger partial charge in [0.1, 0.15) is 22.8 Å². The van der Waals surface area contributed by atoms with E-state index >= 15 is 0 Å². The molecule has 3 heterocycles. The first-order valence-corrected chi connectivity index (χ1v) is 10.7. The summed E-state index contributed by atoms with van der Waals surface area (Å²) in [6.45, 7) is 6.21. The number of hydrogen-bond acceptors (Lipinski definition) is 5. The van der Waals surface area contributed by atoms with Crippen LogP contribution in [0.4, 0.5) is 0 Å². The maximum atomic E-state index is 13.1. The van der Waals surface area contributed by atoms with Gasteiger partial charge in [-0.3, -0.25) is 19.1 Å². The average molecular weight is 450 g/mol. The summed E-state index contributed by atoms with van der Waals surface area (Å²) < 4.78 is 6.88. The Balaban J connectivity index is 1.46. The molecule has 3 amide bonds. The lowest BCUT2D eigenvalue weighted by atomic mass is 9.95. The van der Waals surface area contributed by atoms with E-state index < -0.39 is 11.4 Å². The second kappa shape index (κ2) is 8.57. The van der Waals surface area contributed by atoms with Gasteiger partial charge in [0.2, 0.25) is 5.91 Å². The van der Waals surface area contributed by atoms with Gasteiger partial charge in [0.15, 0.2) is 5.69 Å². The Kier molecular flexibility index (Phi) is 5.80. The van der Waals surface area contributed by atoms with E-state index in [0.717, 1.165) is 16.9 Å². The van der Waals surface area contributed by atoms with E-state index in [4.69, 9.17) is 4.42 Å². The van der Waals surface area contributed by atoms with E-state index in [-0.39, 0.29) is 36.3 Å². The number of nitrogens with one attached hydrogen (secondary N) is 2. The largest absolute Gasteiger partial charge is 0.465 e. The highest BCUT2D eigenvalue weighted by molar-refractivity contribution is 6.01. The van der Waals surface area contributed by atoms with Crippen LogP contribution in [0, 0.1) is 13.8 Å². The number of hydrogen-bond donors (Lipinski definition) is 2. The summed E-state index contributed by atoms with van der Waals surface area (Å²) in [6.07, 6.45) is 0. The summed E-state index contributed by atoms with van der Waals surface area (Å²) in [6, 6.07) is 12.9. The second-order valence-electron chi connectivity index (χ2n) is 8.57. The molecule has 1 aliphatic rings. The molecule has 1 atom stereocenters. The molecule has 0 saturated heterocycles. The van der Waals surface area contributed by atoms with E-state index in [1.807, 2.05) is 44.2 Å². The van der Waals surface area contributed by atoms with Crippen molar-refractivity contribution in [2.45, 2.75) is 45.9 Å². The number of aryl methyl sites for hydroxylation is 2. The van der Waals surface area contributed by atoms with Gasteiger partial charge in [0.05, 0.1) is 13.1 Å². The molecule has 33 heavy (non-hydrogen) atoms. The van der Waals surface area contributed by atoms with Crippen molar-refractivity contribution in [3.05, 3.63) is 76.5 Å². The highest BCUT2D eigenvalue weighted by Gasteiger charge is 2.46. The average Bonchev–Trinajstić information content (AvgIpc) is 3.41. The van der Waals surface area contributed by atoms with Crippen molar-refractivity contribution in [1.29, 1.82) is 0 Å². The third-order valence-corrected chi connectivity index (χ3v) is 6.02. The fourth-order valence-corrected chi connectivity index (χ4v) is 3.75. The molecule has 9 heteroatoms. The van der Waals surface area contributed by atoms with Gasteiger partial charge >= 0.3 is 0 Å². The van der Waals surface area contributed by atoms with Crippen LogP contribution in [-0.4, -0.2) is 45.0 Å². The van der Waals surface area contributed by atoms with Gasteiger partial charge in [-0.15, -0.1) is 0 Å². The van der Waals surface area contributed by atoms with Crippen LogP contribution in [-0.2, 0) is 24.4 Å². The molecule has 4 rings (SSSR count). The Morgan fingerprint density at radius 2 is 1.82 bits per heavy atom. The van der Waals surface area contributed by atoms with Crippen molar-refractivity contribution in [3.8, 4) is 0 Å². The summed E-state index contributed by atoms with van der Waals surface area (Å²) in [7, 11) is 1.59. The maximum absolute atomic E-state index is 13.1. The lowest BCUT2D eigenvalue weighted by Gasteiger charge is -2.40. The van der Waals surface area contributed by atoms with Gasteiger partial charge in [-0.05, 0) is 38.5 Å². The molecule has 0 radical (unpaired) electrons. The molecule has 0 bridgehead atoms. The molecule has 0 saturated carbocycles. The molecule has 3 aromatic rings. The highest BCUT2D eigenvalue weighted by Crippen LogP contribution is 2.26. The van der Waals surface area contributed by atoms with E-state index in [2.05, 4.69) is 15.7 Å². The number of carbonyl (C=O) groups excluding carboxylic acids is 3. The molecule has 9 nitrogen and oxygen atoms in total. The number of furan rings is 1. The fraction of sp³-hybridized carbons (Fsp3) is 0.333. The number of benzene rings is 1. The third kappa shape index (κ3) is 4.39. The number of carbonyl (C=O) groups is 3. The molecule has 0 aliphatic carbocycles. The topological polar surface area (TPSA) is 109 Å². The monoisotopic (exact) mass is 449 g/mol. The number of nitrogens with zero attached hydrogens (tertiary/aromatic N) is 3. The molecule has 2 aromatic heterocycles. The van der Waals surface area contributed by atoms with E-state index in [9.17, 15) is 14.4 Å². The highest BCUT2D eigenvalue weighted by atomic mass is 16.3. The van der Waals surface area contributed by atoms with Crippen LogP contribution < -0.4 is 10.6 Å². The molecule has 1 aliphatic heterocycles. The van der Waals surface area contributed by atoms with Crippen LogP contribution in [0.5, 0.6) is 0 Å². The normalized spacial score (nSPS) is 17.6. The summed E-state index contributed by atoms with van der Waals surface area (Å²) in [4.78, 5) is 40.1. The summed E-state index contributed by atoms with van der Waals surface area (Å²) >= 11 is 0. The minimum absolute atomic E-state index is 0.111. The van der Waals surface area contributed by atoms with Crippen molar-refractivity contribution in [2.75, 3.05) is 7.05 Å². The predicted molar refractivity (Wildman–Crippen MR) is 120 cm³/mol. The van der Waals surface area contributed by atoms with Crippen LogP contribution >= 0.6 is 0 Å². The number of amides is 3. The molecule has 172 valence electrons. The smallest absolute Gasteiger partial charge is 0.272 e. The number of aromatic nitrogens is 2. The summed E-state index contributed by atoms with van der Waals surface area (Å²) in [5, 5.41) is 9.96. The first-order chi connectivity index (χ1) is 15.7. The molecular weight excluding hydrogens is 422 g/mol. The van der Waals surface area contributed by atoms with E-state index in [1.165, 1.54) is 15.6 Å². The molecular formula is C24H27N5O4. The van der Waals surface area contributed by atoms with Crippen LogP contribution in [0.1, 0.15) is 50.5 Å². The third-order valence-electron chi connectivity index (χ3n) is 6.02. The van der Waals surface area contributed by atoms with Crippen molar-refractivity contribution < 1.29 is 18.8 Å². The van der Waals surface area contributed by atoms with E-state index in [1.54, 1.807) is 20.0 Å². The lowest BCUT2D eigenvalue weighted by molar-refractivity contribution is -0.132. The Hall–Kier alpha value is -3.88. The van der Waals surface area contributed by atoms with Gasteiger partial charge in [0.25, 0.3) is 11.8 Å². The molecule has 0 fully saturated rings. The standard InChI is InChI=1S/C24H27N5O4/c1-15-5-8-17(9-6-15)12-26-23(32)24(3)14-29-20(22(31)28(24)4)11-19(27-29)21(30)25-13-18-10-7-16(2)33-18/h5-11H,12-14H2,1-4H3,(H,25,30)(H,26,32). The quantitative estimate of drug-likeness (QED) is 0.600.